The standard InChI is InChI=1S/C38H37Cl2N5O5S/c1-24(2)21-44(38(47)50-25(3)4)31-12-9-28(10-13-31)27-7-5-26(6-8-27)19-36-41-35(33-18-11-29(39)20-34(33)40)22-43(36)30-14-16-32(17-15-30)45-23-37(46)42-51(45,48)49/h5-18,20,22-25,42,46H,19,21H2,1-4H3. The third-order valence-corrected chi connectivity index (χ3v) is 9.88. The number of hydrogen-bond acceptors (Lipinski definition) is 6. The van der Waals surface area contributed by atoms with Crippen molar-refractivity contribution in [3.63, 3.8) is 0 Å². The Morgan fingerprint density at radius 1 is 0.902 bits per heavy atom. The highest BCUT2D eigenvalue weighted by Crippen LogP contribution is 2.33. The minimum absolute atomic E-state index is 0.210. The van der Waals surface area contributed by atoms with Crippen LogP contribution in [0.25, 0.3) is 28.1 Å². The average Bonchev–Trinajstić information content (AvgIpc) is 3.61. The van der Waals surface area contributed by atoms with Crippen LogP contribution in [-0.2, 0) is 21.4 Å². The molecule has 0 bridgehead atoms. The minimum Gasteiger partial charge on any atom is -0.493 e. The molecule has 51 heavy (non-hydrogen) atoms. The number of ether oxygens (including phenoxy) is 1. The number of amides is 1. The van der Waals surface area contributed by atoms with E-state index >= 15 is 0 Å². The second-order valence-electron chi connectivity index (χ2n) is 12.8. The maximum atomic E-state index is 12.8. The Morgan fingerprint density at radius 2 is 1.53 bits per heavy atom. The van der Waals surface area contributed by atoms with E-state index in [1.54, 1.807) is 41.3 Å². The molecule has 1 aliphatic rings. The lowest BCUT2D eigenvalue weighted by Crippen LogP contribution is -2.36. The van der Waals surface area contributed by atoms with E-state index in [2.05, 4.69) is 42.8 Å². The van der Waals surface area contributed by atoms with E-state index in [1.807, 2.05) is 54.9 Å². The summed E-state index contributed by atoms with van der Waals surface area (Å²) in [6.07, 6.45) is 2.90. The van der Waals surface area contributed by atoms with Crippen LogP contribution < -0.4 is 13.9 Å². The van der Waals surface area contributed by atoms with Crippen molar-refractivity contribution in [3.8, 4) is 28.1 Å². The molecular weight excluding hydrogens is 709 g/mol. The van der Waals surface area contributed by atoms with Crippen LogP contribution in [0.1, 0.15) is 39.1 Å². The zero-order valence-electron chi connectivity index (χ0n) is 28.4. The molecule has 0 saturated heterocycles. The summed E-state index contributed by atoms with van der Waals surface area (Å²) in [7, 11) is -3.92. The predicted octanol–water partition coefficient (Wildman–Crippen LogP) is 9.12. The molecule has 1 aliphatic heterocycles. The summed E-state index contributed by atoms with van der Waals surface area (Å²) in [5, 5.41) is 10.7. The van der Waals surface area contributed by atoms with E-state index < -0.39 is 16.1 Å². The Morgan fingerprint density at radius 3 is 2.10 bits per heavy atom. The molecule has 6 rings (SSSR count). The van der Waals surface area contributed by atoms with Crippen molar-refractivity contribution >= 4 is 50.9 Å². The topological polar surface area (TPSA) is 117 Å². The summed E-state index contributed by atoms with van der Waals surface area (Å²) in [5.41, 5.74) is 6.28. The Balaban J connectivity index is 1.27. The van der Waals surface area contributed by atoms with Crippen LogP contribution in [0.15, 0.2) is 109 Å². The lowest BCUT2D eigenvalue weighted by Gasteiger charge is -2.25. The van der Waals surface area contributed by atoms with Crippen molar-refractivity contribution in [2.45, 2.75) is 40.2 Å². The molecule has 0 fully saturated rings. The molecule has 0 aliphatic carbocycles. The molecule has 1 amide bonds. The van der Waals surface area contributed by atoms with Crippen LogP contribution in [0.3, 0.4) is 0 Å². The summed E-state index contributed by atoms with van der Waals surface area (Å²) in [6, 6.07) is 28.2. The van der Waals surface area contributed by atoms with Crippen molar-refractivity contribution in [1.82, 2.24) is 14.3 Å². The van der Waals surface area contributed by atoms with Crippen molar-refractivity contribution in [2.24, 2.45) is 5.92 Å². The van der Waals surface area contributed by atoms with Gasteiger partial charge in [-0.2, -0.15) is 8.42 Å². The van der Waals surface area contributed by atoms with Gasteiger partial charge in [-0.05, 0) is 91.1 Å². The second-order valence-corrected chi connectivity index (χ2v) is 15.2. The first-order valence-corrected chi connectivity index (χ1v) is 18.5. The predicted molar refractivity (Wildman–Crippen MR) is 203 cm³/mol. The molecule has 4 aromatic carbocycles. The van der Waals surface area contributed by atoms with Gasteiger partial charge in [-0.3, -0.25) is 4.90 Å². The largest absolute Gasteiger partial charge is 0.493 e. The number of aliphatic hydroxyl groups excluding tert-OH is 1. The minimum atomic E-state index is -3.92. The molecular formula is C38H37Cl2N5O5S. The lowest BCUT2D eigenvalue weighted by molar-refractivity contribution is 0.122. The number of aliphatic hydroxyl groups is 1. The Hall–Kier alpha value is -4.97. The third kappa shape index (κ3) is 8.17. The van der Waals surface area contributed by atoms with Crippen LogP contribution >= 0.6 is 23.2 Å². The monoisotopic (exact) mass is 745 g/mol. The van der Waals surface area contributed by atoms with Crippen LogP contribution in [0.5, 0.6) is 0 Å². The van der Waals surface area contributed by atoms with Crippen molar-refractivity contribution < 1.29 is 23.1 Å². The third-order valence-electron chi connectivity index (χ3n) is 8.03. The van der Waals surface area contributed by atoms with E-state index in [1.165, 1.54) is 0 Å². The quantitative estimate of drug-likeness (QED) is 0.147. The van der Waals surface area contributed by atoms with Gasteiger partial charge in [-0.15, -0.1) is 0 Å². The van der Waals surface area contributed by atoms with Gasteiger partial charge in [0.05, 0.1) is 28.7 Å². The number of rotatable bonds is 10. The number of hydrogen-bond donors (Lipinski definition) is 2. The molecule has 10 nitrogen and oxygen atoms in total. The lowest BCUT2D eigenvalue weighted by atomic mass is 10.0. The van der Waals surface area contributed by atoms with Gasteiger partial charge in [0.1, 0.15) is 5.82 Å². The molecule has 5 aromatic rings. The molecule has 0 atom stereocenters. The number of carbonyl (C=O) groups excluding carboxylic acids is 1. The zero-order chi connectivity index (χ0) is 36.4. The molecule has 0 saturated carbocycles. The van der Waals surface area contributed by atoms with Gasteiger partial charge in [0.25, 0.3) is 0 Å². The highest BCUT2D eigenvalue weighted by atomic mass is 35.5. The second kappa shape index (κ2) is 14.7. The number of nitrogens with one attached hydrogen (secondary N) is 1. The molecule has 2 N–H and O–H groups in total. The van der Waals surface area contributed by atoms with Gasteiger partial charge in [-0.25, -0.2) is 18.8 Å². The first-order valence-electron chi connectivity index (χ1n) is 16.3. The number of halogens is 2. The van der Waals surface area contributed by atoms with Gasteiger partial charge in [0, 0.05) is 41.1 Å². The van der Waals surface area contributed by atoms with Gasteiger partial charge in [0.15, 0.2) is 0 Å². The fourth-order valence-corrected chi connectivity index (χ4v) is 7.26. The highest BCUT2D eigenvalue weighted by molar-refractivity contribution is 7.91. The maximum absolute atomic E-state index is 12.8. The summed E-state index contributed by atoms with van der Waals surface area (Å²) in [4.78, 5) is 19.5. The number of aromatic nitrogens is 2. The van der Waals surface area contributed by atoms with Gasteiger partial charge in [0.2, 0.25) is 5.88 Å². The highest BCUT2D eigenvalue weighted by Gasteiger charge is 2.29. The van der Waals surface area contributed by atoms with Crippen LogP contribution in [0, 0.1) is 5.92 Å². The summed E-state index contributed by atoms with van der Waals surface area (Å²) >= 11 is 12.7. The van der Waals surface area contributed by atoms with Crippen molar-refractivity contribution in [3.05, 3.63) is 131 Å². The average molecular weight is 747 g/mol. The fourth-order valence-electron chi connectivity index (χ4n) is 5.70. The SMILES string of the molecule is CC(C)CN(C(=O)OC(C)C)c1ccc(-c2ccc(Cc3nc(-c4ccc(Cl)cc4Cl)cn3-c3ccc(N4C=C(O)NS4(=O)=O)cc3)cc2)cc1. The zero-order valence-corrected chi connectivity index (χ0v) is 30.7. The van der Waals surface area contributed by atoms with Gasteiger partial charge >= 0.3 is 16.3 Å². The Labute approximate surface area is 307 Å². The molecule has 0 radical (unpaired) electrons. The summed E-state index contributed by atoms with van der Waals surface area (Å²) in [5.74, 6) is 0.540. The van der Waals surface area contributed by atoms with E-state index in [4.69, 9.17) is 32.9 Å². The van der Waals surface area contributed by atoms with Crippen molar-refractivity contribution in [2.75, 3.05) is 15.7 Å². The fraction of sp³-hybridized carbons (Fsp3) is 0.211. The van der Waals surface area contributed by atoms with E-state index in [9.17, 15) is 18.3 Å². The van der Waals surface area contributed by atoms with Gasteiger partial charge in [-0.1, -0.05) is 73.4 Å². The normalized spacial score (nSPS) is 13.7. The first-order chi connectivity index (χ1) is 24.3. The van der Waals surface area contributed by atoms with Gasteiger partial charge < -0.3 is 14.4 Å². The van der Waals surface area contributed by atoms with Crippen LogP contribution in [0.2, 0.25) is 10.0 Å². The maximum Gasteiger partial charge on any atom is 0.414 e. The summed E-state index contributed by atoms with van der Waals surface area (Å²) in [6.45, 7) is 8.35. The van der Waals surface area contributed by atoms with E-state index in [0.29, 0.717) is 34.4 Å². The number of carbonyl (C=O) groups is 1. The molecule has 0 spiro atoms. The smallest absolute Gasteiger partial charge is 0.414 e. The summed E-state index contributed by atoms with van der Waals surface area (Å²) < 4.78 is 35.2. The molecule has 0 unspecified atom stereocenters. The number of nitrogens with zero attached hydrogens (tertiary/aromatic N) is 4. The van der Waals surface area contributed by atoms with Crippen LogP contribution in [-0.4, -0.2) is 41.8 Å². The number of imidazole rings is 1. The van der Waals surface area contributed by atoms with Crippen molar-refractivity contribution in [1.29, 1.82) is 0 Å². The van der Waals surface area contributed by atoms with Crippen LogP contribution in [0.4, 0.5) is 16.2 Å². The Bertz CT molecular complexity index is 2180. The Kier molecular flexibility index (Phi) is 10.3. The number of anilines is 2. The first kappa shape index (κ1) is 35.8. The molecule has 2 heterocycles. The molecule has 264 valence electrons. The van der Waals surface area contributed by atoms with E-state index in [0.717, 1.165) is 50.0 Å². The van der Waals surface area contributed by atoms with E-state index in [-0.39, 0.29) is 18.1 Å². The molecule has 13 heteroatoms. The number of benzene rings is 4. The molecule has 1 aromatic heterocycles.